The lowest BCUT2D eigenvalue weighted by Gasteiger charge is -2.29. The molecule has 2 aromatic heterocycles. The van der Waals surface area contributed by atoms with Crippen LogP contribution in [0.2, 0.25) is 0 Å². The van der Waals surface area contributed by atoms with E-state index in [1.54, 1.807) is 7.11 Å². The van der Waals surface area contributed by atoms with E-state index in [1.807, 2.05) is 47.7 Å². The van der Waals surface area contributed by atoms with Crippen LogP contribution >= 0.6 is 11.3 Å². The van der Waals surface area contributed by atoms with Crippen molar-refractivity contribution in [2.45, 2.75) is 13.0 Å². The molecule has 146 valence electrons. The molecule has 2 aromatic carbocycles. The highest BCUT2D eigenvalue weighted by molar-refractivity contribution is 7.10. The molecule has 6 heteroatoms. The van der Waals surface area contributed by atoms with Crippen LogP contribution < -0.4 is 15.0 Å². The predicted octanol–water partition coefficient (Wildman–Crippen LogP) is 5.05. The van der Waals surface area contributed by atoms with E-state index in [1.165, 1.54) is 16.1 Å². The third-order valence-electron chi connectivity index (χ3n) is 5.37. The molecule has 29 heavy (non-hydrogen) atoms. The summed E-state index contributed by atoms with van der Waals surface area (Å²) in [7, 11) is 1.63. The summed E-state index contributed by atoms with van der Waals surface area (Å²) in [6.07, 6.45) is 1.09. The monoisotopic (exact) mass is 403 g/mol. The van der Waals surface area contributed by atoms with Gasteiger partial charge >= 0.3 is 0 Å². The minimum absolute atomic E-state index is 0.159. The summed E-state index contributed by atoms with van der Waals surface area (Å²) in [6, 6.07) is 17.8. The van der Waals surface area contributed by atoms with Crippen LogP contribution in [0.3, 0.4) is 0 Å². The van der Waals surface area contributed by atoms with Gasteiger partial charge < -0.3 is 19.9 Å². The van der Waals surface area contributed by atoms with E-state index >= 15 is 0 Å². The maximum atomic E-state index is 12.6. The molecule has 5 nitrogen and oxygen atoms in total. The number of anilines is 2. The average molecular weight is 404 g/mol. The highest BCUT2D eigenvalue weighted by atomic mass is 32.1. The molecule has 1 amide bonds. The van der Waals surface area contributed by atoms with Gasteiger partial charge in [0.2, 0.25) is 0 Å². The molecule has 2 N–H and O–H groups in total. The first-order chi connectivity index (χ1) is 14.2. The first kappa shape index (κ1) is 17.8. The van der Waals surface area contributed by atoms with E-state index in [0.29, 0.717) is 5.69 Å². The van der Waals surface area contributed by atoms with E-state index < -0.39 is 0 Å². The Hall–Kier alpha value is -3.25. The molecule has 0 aliphatic carbocycles. The van der Waals surface area contributed by atoms with Crippen molar-refractivity contribution in [3.63, 3.8) is 0 Å². The fraction of sp³-hybridized carbons (Fsp3) is 0.174. The standard InChI is InChI=1S/C23H21N3O2S/c1-28-19-7-2-15-12-21(25-20(15)13-19)23(27)24-17-3-5-18(6-4-17)26-10-8-22-16(14-26)9-11-29-22/h2-7,9,11-13,25H,8,10,14H2,1H3,(H,24,27). The first-order valence-corrected chi connectivity index (χ1v) is 10.5. The molecule has 0 bridgehead atoms. The number of aromatic amines is 1. The largest absolute Gasteiger partial charge is 0.497 e. The number of nitrogens with one attached hydrogen (secondary N) is 2. The molecule has 0 atom stereocenters. The van der Waals surface area contributed by atoms with E-state index in [9.17, 15) is 4.79 Å². The van der Waals surface area contributed by atoms with Crippen LogP contribution in [-0.4, -0.2) is 24.5 Å². The van der Waals surface area contributed by atoms with Crippen molar-refractivity contribution >= 4 is 39.5 Å². The number of nitrogens with zero attached hydrogens (tertiary/aromatic N) is 1. The number of rotatable bonds is 4. The van der Waals surface area contributed by atoms with E-state index in [-0.39, 0.29) is 5.91 Å². The first-order valence-electron chi connectivity index (χ1n) is 9.58. The lowest BCUT2D eigenvalue weighted by atomic mass is 10.1. The van der Waals surface area contributed by atoms with Crippen molar-refractivity contribution in [2.75, 3.05) is 23.9 Å². The van der Waals surface area contributed by atoms with Crippen molar-refractivity contribution in [3.05, 3.63) is 76.1 Å². The molecular weight excluding hydrogens is 382 g/mol. The van der Waals surface area contributed by atoms with Crippen LogP contribution in [0.25, 0.3) is 10.9 Å². The number of fused-ring (bicyclic) bond motifs is 2. The maximum absolute atomic E-state index is 12.6. The van der Waals surface area contributed by atoms with Gasteiger partial charge in [-0.1, -0.05) is 0 Å². The second-order valence-electron chi connectivity index (χ2n) is 7.18. The van der Waals surface area contributed by atoms with Gasteiger partial charge in [0, 0.05) is 46.3 Å². The molecule has 0 radical (unpaired) electrons. The summed E-state index contributed by atoms with van der Waals surface area (Å²) < 4.78 is 5.24. The van der Waals surface area contributed by atoms with Crippen LogP contribution in [0.15, 0.2) is 60.0 Å². The quantitative estimate of drug-likeness (QED) is 0.501. The summed E-state index contributed by atoms with van der Waals surface area (Å²) in [5.74, 6) is 0.600. The zero-order chi connectivity index (χ0) is 19.8. The Labute approximate surface area is 172 Å². The molecule has 0 unspecified atom stereocenters. The molecule has 4 aromatic rings. The molecule has 0 spiro atoms. The van der Waals surface area contributed by atoms with Crippen LogP contribution in [0.4, 0.5) is 11.4 Å². The minimum atomic E-state index is -0.159. The summed E-state index contributed by atoms with van der Waals surface area (Å²) >= 11 is 1.85. The van der Waals surface area contributed by atoms with Gasteiger partial charge in [0.25, 0.3) is 5.91 Å². The van der Waals surface area contributed by atoms with Gasteiger partial charge in [-0.05, 0) is 65.9 Å². The van der Waals surface area contributed by atoms with Gasteiger partial charge in [0.1, 0.15) is 11.4 Å². The molecule has 0 saturated heterocycles. The third kappa shape index (κ3) is 3.47. The number of carbonyl (C=O) groups excluding carboxylic acids is 1. The number of hydrogen-bond acceptors (Lipinski definition) is 4. The Morgan fingerprint density at radius 3 is 2.83 bits per heavy atom. The number of aromatic nitrogens is 1. The van der Waals surface area contributed by atoms with Crippen molar-refractivity contribution < 1.29 is 9.53 Å². The highest BCUT2D eigenvalue weighted by Crippen LogP contribution is 2.28. The summed E-state index contributed by atoms with van der Waals surface area (Å²) in [4.78, 5) is 19.7. The zero-order valence-electron chi connectivity index (χ0n) is 16.1. The number of benzene rings is 2. The summed E-state index contributed by atoms with van der Waals surface area (Å²) in [6.45, 7) is 1.97. The minimum Gasteiger partial charge on any atom is -0.497 e. The van der Waals surface area contributed by atoms with Crippen molar-refractivity contribution in [2.24, 2.45) is 0 Å². The SMILES string of the molecule is COc1ccc2cc(C(=O)Nc3ccc(N4CCc5sccc5C4)cc3)[nH]c2c1. The topological polar surface area (TPSA) is 57.4 Å². The average Bonchev–Trinajstić information content (AvgIpc) is 3.40. The Bertz CT molecular complexity index is 1180. The summed E-state index contributed by atoms with van der Waals surface area (Å²) in [5.41, 5.74) is 4.79. The molecular formula is C23H21N3O2S. The molecule has 1 aliphatic heterocycles. The van der Waals surface area contributed by atoms with Gasteiger partial charge in [0.15, 0.2) is 0 Å². The number of amides is 1. The Morgan fingerprint density at radius 1 is 1.14 bits per heavy atom. The van der Waals surface area contributed by atoms with E-state index in [0.717, 1.165) is 41.9 Å². The van der Waals surface area contributed by atoms with Crippen LogP contribution in [-0.2, 0) is 13.0 Å². The second kappa shape index (κ2) is 7.29. The predicted molar refractivity (Wildman–Crippen MR) is 118 cm³/mol. The van der Waals surface area contributed by atoms with Crippen LogP contribution in [0.5, 0.6) is 5.75 Å². The normalized spacial score (nSPS) is 13.3. The van der Waals surface area contributed by atoms with Gasteiger partial charge in [0.05, 0.1) is 7.11 Å². The molecule has 0 fully saturated rings. The van der Waals surface area contributed by atoms with E-state index in [4.69, 9.17) is 4.74 Å². The number of thiophene rings is 1. The van der Waals surface area contributed by atoms with Gasteiger partial charge in [-0.15, -0.1) is 11.3 Å². The van der Waals surface area contributed by atoms with E-state index in [2.05, 4.69) is 38.8 Å². The molecule has 0 saturated carbocycles. The van der Waals surface area contributed by atoms with Crippen molar-refractivity contribution in [1.82, 2.24) is 4.98 Å². The summed E-state index contributed by atoms with van der Waals surface area (Å²) in [5, 5.41) is 6.12. The van der Waals surface area contributed by atoms with Crippen molar-refractivity contribution in [3.8, 4) is 5.75 Å². The maximum Gasteiger partial charge on any atom is 0.272 e. The number of methoxy groups -OCH3 is 1. The fourth-order valence-corrected chi connectivity index (χ4v) is 4.67. The van der Waals surface area contributed by atoms with Crippen LogP contribution in [0, 0.1) is 0 Å². The number of H-pyrrole nitrogens is 1. The Morgan fingerprint density at radius 2 is 2.00 bits per heavy atom. The number of carbonyl (C=O) groups is 1. The molecule has 3 heterocycles. The lowest BCUT2D eigenvalue weighted by Crippen LogP contribution is -2.29. The Kier molecular flexibility index (Phi) is 4.48. The fourth-order valence-electron chi connectivity index (χ4n) is 3.78. The van der Waals surface area contributed by atoms with Gasteiger partial charge in [-0.2, -0.15) is 0 Å². The smallest absolute Gasteiger partial charge is 0.272 e. The molecule has 5 rings (SSSR count). The van der Waals surface area contributed by atoms with Gasteiger partial charge in [-0.25, -0.2) is 0 Å². The lowest BCUT2D eigenvalue weighted by molar-refractivity contribution is 0.102. The van der Waals surface area contributed by atoms with Crippen molar-refractivity contribution in [1.29, 1.82) is 0 Å². The zero-order valence-corrected chi connectivity index (χ0v) is 16.9. The highest BCUT2D eigenvalue weighted by Gasteiger charge is 2.17. The van der Waals surface area contributed by atoms with Gasteiger partial charge in [-0.3, -0.25) is 4.79 Å². The third-order valence-corrected chi connectivity index (χ3v) is 6.40. The number of ether oxygens (including phenoxy) is 1. The second-order valence-corrected chi connectivity index (χ2v) is 8.18. The Balaban J connectivity index is 1.29. The number of hydrogen-bond donors (Lipinski definition) is 2. The molecule has 1 aliphatic rings. The van der Waals surface area contributed by atoms with Crippen LogP contribution in [0.1, 0.15) is 20.9 Å².